The summed E-state index contributed by atoms with van der Waals surface area (Å²) in [5.41, 5.74) is 1.44. The number of halogens is 4. The highest BCUT2D eigenvalue weighted by molar-refractivity contribution is 7.92. The molecule has 0 unspecified atom stereocenters. The Balaban J connectivity index is 1.92. The third kappa shape index (κ3) is 9.91. The van der Waals surface area contributed by atoms with Gasteiger partial charge in [0, 0.05) is 38.0 Å². The van der Waals surface area contributed by atoms with Gasteiger partial charge in [-0.15, -0.1) is 0 Å². The van der Waals surface area contributed by atoms with Crippen molar-refractivity contribution in [3.05, 3.63) is 99.5 Å². The number of amides is 2. The van der Waals surface area contributed by atoms with Crippen LogP contribution in [0.2, 0.25) is 10.0 Å². The van der Waals surface area contributed by atoms with Gasteiger partial charge < -0.3 is 10.2 Å². The predicted molar refractivity (Wildman–Crippen MR) is 167 cm³/mol. The van der Waals surface area contributed by atoms with E-state index in [2.05, 4.69) is 5.32 Å². The van der Waals surface area contributed by atoms with E-state index in [1.165, 1.54) is 4.90 Å². The molecule has 0 bridgehead atoms. The minimum absolute atomic E-state index is 0.0418. The molecule has 0 aliphatic heterocycles. The molecule has 3 aromatic rings. The Bertz CT molecular complexity index is 1530. The highest BCUT2D eigenvalue weighted by Crippen LogP contribution is 2.25. The smallest absolute Gasteiger partial charge is 0.243 e. The zero-order valence-electron chi connectivity index (χ0n) is 24.2. The van der Waals surface area contributed by atoms with Crippen molar-refractivity contribution in [2.45, 2.75) is 58.2 Å². The molecule has 7 nitrogen and oxygen atoms in total. The summed E-state index contributed by atoms with van der Waals surface area (Å²) in [5.74, 6) is -3.02. The summed E-state index contributed by atoms with van der Waals surface area (Å²) in [4.78, 5) is 29.0. The van der Waals surface area contributed by atoms with Crippen LogP contribution in [0.25, 0.3) is 0 Å². The molecule has 2 atom stereocenters. The number of carbonyl (C=O) groups excluding carboxylic acids is 2. The lowest BCUT2D eigenvalue weighted by atomic mass is 10.0. The van der Waals surface area contributed by atoms with Crippen LogP contribution >= 0.6 is 23.2 Å². The van der Waals surface area contributed by atoms with Gasteiger partial charge in [-0.25, -0.2) is 17.2 Å². The highest BCUT2D eigenvalue weighted by atomic mass is 35.5. The lowest BCUT2D eigenvalue weighted by molar-refractivity contribution is -0.141. The Kier molecular flexibility index (Phi) is 12.4. The van der Waals surface area contributed by atoms with Crippen molar-refractivity contribution in [3.8, 4) is 0 Å². The van der Waals surface area contributed by atoms with Crippen LogP contribution in [-0.4, -0.2) is 50.0 Å². The second-order valence-electron chi connectivity index (χ2n) is 10.3. The van der Waals surface area contributed by atoms with Crippen molar-refractivity contribution in [1.29, 1.82) is 0 Å². The number of carbonyl (C=O) groups is 2. The quantitative estimate of drug-likeness (QED) is 0.219. The van der Waals surface area contributed by atoms with E-state index in [-0.39, 0.29) is 50.0 Å². The molecule has 232 valence electrons. The normalized spacial score (nSPS) is 12.8. The summed E-state index contributed by atoms with van der Waals surface area (Å²) in [7, 11) is -3.88. The van der Waals surface area contributed by atoms with Gasteiger partial charge in [0.05, 0.1) is 22.0 Å². The minimum Gasteiger partial charge on any atom is -0.352 e. The Morgan fingerprint density at radius 2 is 1.63 bits per heavy atom. The molecular formula is C31H35Cl2F2N3O4S. The first-order valence-corrected chi connectivity index (χ1v) is 16.4. The topological polar surface area (TPSA) is 86.8 Å². The van der Waals surface area contributed by atoms with Crippen LogP contribution in [0.4, 0.5) is 14.5 Å². The van der Waals surface area contributed by atoms with Crippen molar-refractivity contribution in [3.63, 3.8) is 0 Å². The maximum atomic E-state index is 13.9. The second-order valence-corrected chi connectivity index (χ2v) is 13.1. The first-order valence-electron chi connectivity index (χ1n) is 13.8. The minimum atomic E-state index is -3.88. The van der Waals surface area contributed by atoms with Crippen LogP contribution in [-0.2, 0) is 32.6 Å². The molecule has 0 aromatic heterocycles. The molecule has 0 spiro atoms. The standard InChI is InChI=1S/C31H35Cl2F2N3O4S/c1-4-21(2)36-31(40)29(18-22-9-6-5-7-10-22)37(20-23-12-14-25(32)26(33)17-23)30(39)11-8-16-38(43(3,41)42)24-13-15-27(34)28(35)19-24/h5-7,9-10,12-15,17,19,21,29H,4,8,11,16,18,20H2,1-3H3,(H,36,40)/t21-,29+/m0/s1. The van der Waals surface area contributed by atoms with Crippen molar-refractivity contribution >= 4 is 50.7 Å². The van der Waals surface area contributed by atoms with E-state index in [9.17, 15) is 26.8 Å². The fourth-order valence-electron chi connectivity index (χ4n) is 4.47. The number of nitrogens with zero attached hydrogens (tertiary/aromatic N) is 2. The second kappa shape index (κ2) is 15.5. The molecule has 0 heterocycles. The maximum absolute atomic E-state index is 13.9. The molecule has 1 N–H and O–H groups in total. The predicted octanol–water partition coefficient (Wildman–Crippen LogP) is 6.37. The molecule has 2 amide bonds. The zero-order valence-corrected chi connectivity index (χ0v) is 26.5. The molecule has 0 aliphatic rings. The fraction of sp³-hybridized carbons (Fsp3) is 0.355. The van der Waals surface area contributed by atoms with Crippen LogP contribution in [0, 0.1) is 11.6 Å². The van der Waals surface area contributed by atoms with Crippen LogP contribution < -0.4 is 9.62 Å². The first-order chi connectivity index (χ1) is 20.3. The molecule has 43 heavy (non-hydrogen) atoms. The molecule has 0 fully saturated rings. The Labute approximate surface area is 261 Å². The largest absolute Gasteiger partial charge is 0.352 e. The molecule has 12 heteroatoms. The van der Waals surface area contributed by atoms with Crippen LogP contribution in [0.5, 0.6) is 0 Å². The van der Waals surface area contributed by atoms with Crippen LogP contribution in [0.15, 0.2) is 66.7 Å². The highest BCUT2D eigenvalue weighted by Gasteiger charge is 2.31. The van der Waals surface area contributed by atoms with E-state index in [0.29, 0.717) is 22.0 Å². The Morgan fingerprint density at radius 3 is 2.23 bits per heavy atom. The number of nitrogens with one attached hydrogen (secondary N) is 1. The lowest BCUT2D eigenvalue weighted by Crippen LogP contribution is -2.52. The van der Waals surface area contributed by atoms with E-state index in [1.54, 1.807) is 18.2 Å². The van der Waals surface area contributed by atoms with Gasteiger partial charge in [0.25, 0.3) is 0 Å². The Hall–Kier alpha value is -3.21. The van der Waals surface area contributed by atoms with Gasteiger partial charge in [-0.05, 0) is 55.2 Å². The van der Waals surface area contributed by atoms with Crippen molar-refractivity contribution in [2.24, 2.45) is 0 Å². The van der Waals surface area contributed by atoms with Crippen LogP contribution in [0.3, 0.4) is 0 Å². The number of rotatable bonds is 14. The molecular weight excluding hydrogens is 619 g/mol. The molecule has 3 rings (SSSR count). The zero-order chi connectivity index (χ0) is 31.7. The first kappa shape index (κ1) is 34.3. The summed E-state index contributed by atoms with van der Waals surface area (Å²) >= 11 is 12.4. The monoisotopic (exact) mass is 653 g/mol. The SMILES string of the molecule is CC[C@H](C)NC(=O)[C@@H](Cc1ccccc1)N(Cc1ccc(Cl)c(Cl)c1)C(=O)CCCN(c1ccc(F)c(F)c1)S(C)(=O)=O. The van der Waals surface area contributed by atoms with Crippen molar-refractivity contribution in [1.82, 2.24) is 10.2 Å². The number of sulfonamides is 1. The average Bonchev–Trinajstić information content (AvgIpc) is 2.96. The third-order valence-electron chi connectivity index (χ3n) is 6.95. The fourth-order valence-corrected chi connectivity index (χ4v) is 5.75. The number of anilines is 1. The maximum Gasteiger partial charge on any atom is 0.243 e. The number of benzene rings is 3. The summed E-state index contributed by atoms with van der Waals surface area (Å²) in [6.45, 7) is 3.69. The van der Waals surface area contributed by atoms with E-state index < -0.39 is 33.6 Å². The summed E-state index contributed by atoms with van der Waals surface area (Å²) in [6.07, 6.45) is 1.80. The number of hydrogen-bond acceptors (Lipinski definition) is 4. The van der Waals surface area contributed by atoms with Gasteiger partial charge in [-0.1, -0.05) is 66.5 Å². The van der Waals surface area contributed by atoms with Gasteiger partial charge in [0.15, 0.2) is 11.6 Å². The van der Waals surface area contributed by atoms with Gasteiger partial charge in [0.1, 0.15) is 6.04 Å². The van der Waals surface area contributed by atoms with Gasteiger partial charge in [-0.3, -0.25) is 13.9 Å². The van der Waals surface area contributed by atoms with Gasteiger partial charge in [-0.2, -0.15) is 0 Å². The lowest BCUT2D eigenvalue weighted by Gasteiger charge is -2.33. The van der Waals surface area contributed by atoms with Crippen molar-refractivity contribution < 1.29 is 26.8 Å². The Morgan fingerprint density at radius 1 is 0.930 bits per heavy atom. The van der Waals surface area contributed by atoms with Crippen LogP contribution in [0.1, 0.15) is 44.2 Å². The van der Waals surface area contributed by atoms with E-state index in [0.717, 1.165) is 34.3 Å². The van der Waals surface area contributed by atoms with Gasteiger partial charge in [0.2, 0.25) is 21.8 Å². The van der Waals surface area contributed by atoms with Gasteiger partial charge >= 0.3 is 0 Å². The third-order valence-corrected chi connectivity index (χ3v) is 8.89. The molecule has 0 saturated heterocycles. The summed E-state index contributed by atoms with van der Waals surface area (Å²) in [5, 5.41) is 3.62. The summed E-state index contributed by atoms with van der Waals surface area (Å²) in [6, 6.07) is 16.0. The van der Waals surface area contributed by atoms with E-state index in [4.69, 9.17) is 23.2 Å². The van der Waals surface area contributed by atoms with E-state index in [1.807, 2.05) is 44.2 Å². The number of hydrogen-bond donors (Lipinski definition) is 1. The average molecular weight is 655 g/mol. The molecule has 3 aromatic carbocycles. The van der Waals surface area contributed by atoms with Crippen molar-refractivity contribution in [2.75, 3.05) is 17.1 Å². The van der Waals surface area contributed by atoms with E-state index >= 15 is 0 Å². The molecule has 0 aliphatic carbocycles. The summed E-state index contributed by atoms with van der Waals surface area (Å²) < 4.78 is 53.3. The molecule has 0 saturated carbocycles. The molecule has 0 radical (unpaired) electrons.